The number of hydrogen-bond donors (Lipinski definition) is 1. The van der Waals surface area contributed by atoms with Crippen LogP contribution < -0.4 is 10.5 Å². The monoisotopic (exact) mass is 285 g/mol. The molecule has 0 fully saturated rings. The predicted octanol–water partition coefficient (Wildman–Crippen LogP) is 2.44. The predicted molar refractivity (Wildman–Crippen MR) is 80.8 cm³/mol. The molecule has 0 aliphatic heterocycles. The Hall–Kier alpha value is -2.33. The Labute approximate surface area is 124 Å². The Bertz CT molecular complexity index is 610. The summed E-state index contributed by atoms with van der Waals surface area (Å²) in [5, 5.41) is 0. The summed E-state index contributed by atoms with van der Waals surface area (Å²) in [4.78, 5) is 11.4. The molecule has 0 saturated carbocycles. The van der Waals surface area contributed by atoms with Gasteiger partial charge in [0, 0.05) is 6.54 Å². The van der Waals surface area contributed by atoms with Gasteiger partial charge in [-0.25, -0.2) is 0 Å². The molecule has 2 aromatic rings. The maximum atomic E-state index is 11.4. The van der Waals surface area contributed by atoms with E-state index in [1.54, 1.807) is 0 Å². The molecule has 0 amide bonds. The van der Waals surface area contributed by atoms with Gasteiger partial charge in [-0.3, -0.25) is 4.79 Å². The van der Waals surface area contributed by atoms with E-state index in [9.17, 15) is 4.79 Å². The number of ether oxygens (including phenoxy) is 2. The van der Waals surface area contributed by atoms with Gasteiger partial charge in [-0.1, -0.05) is 36.4 Å². The van der Waals surface area contributed by atoms with E-state index in [0.29, 0.717) is 13.2 Å². The lowest BCUT2D eigenvalue weighted by Crippen LogP contribution is -2.08. The second kappa shape index (κ2) is 7.45. The van der Waals surface area contributed by atoms with Gasteiger partial charge < -0.3 is 15.2 Å². The fraction of sp³-hybridized carbons (Fsp3) is 0.235. The first-order chi connectivity index (χ1) is 10.2. The molecule has 2 aromatic carbocycles. The third kappa shape index (κ3) is 4.33. The van der Waals surface area contributed by atoms with Crippen LogP contribution in [0.15, 0.2) is 48.5 Å². The van der Waals surface area contributed by atoms with Crippen LogP contribution in [-0.4, -0.2) is 13.1 Å². The van der Waals surface area contributed by atoms with Crippen molar-refractivity contribution >= 4 is 5.97 Å². The first kappa shape index (κ1) is 15.1. The van der Waals surface area contributed by atoms with E-state index in [2.05, 4.69) is 0 Å². The van der Waals surface area contributed by atoms with Crippen LogP contribution in [-0.2, 0) is 29.1 Å². The molecule has 0 aliphatic rings. The molecule has 0 radical (unpaired) electrons. The van der Waals surface area contributed by atoms with E-state index >= 15 is 0 Å². The third-order valence-electron chi connectivity index (χ3n) is 3.21. The van der Waals surface area contributed by atoms with Crippen LogP contribution in [0.1, 0.15) is 16.7 Å². The van der Waals surface area contributed by atoms with Gasteiger partial charge in [-0.15, -0.1) is 0 Å². The average molecular weight is 285 g/mol. The van der Waals surface area contributed by atoms with Crippen molar-refractivity contribution in [1.29, 1.82) is 0 Å². The van der Waals surface area contributed by atoms with Crippen LogP contribution in [0.4, 0.5) is 0 Å². The normalized spacial score (nSPS) is 10.2. The number of rotatable bonds is 6. The highest BCUT2D eigenvalue weighted by atomic mass is 16.5. The Kier molecular flexibility index (Phi) is 5.35. The van der Waals surface area contributed by atoms with Gasteiger partial charge in [0.05, 0.1) is 13.5 Å². The molecule has 0 aliphatic carbocycles. The van der Waals surface area contributed by atoms with Gasteiger partial charge in [0.1, 0.15) is 12.4 Å². The van der Waals surface area contributed by atoms with E-state index in [-0.39, 0.29) is 12.4 Å². The second-order valence-corrected chi connectivity index (χ2v) is 4.66. The molecule has 0 aromatic heterocycles. The number of carbonyl (C=O) groups excluding carboxylic acids is 1. The van der Waals surface area contributed by atoms with Gasteiger partial charge >= 0.3 is 5.97 Å². The van der Waals surface area contributed by atoms with Crippen LogP contribution in [0.5, 0.6) is 5.75 Å². The van der Waals surface area contributed by atoms with Crippen molar-refractivity contribution in [1.82, 2.24) is 0 Å². The van der Waals surface area contributed by atoms with Crippen LogP contribution in [0, 0.1) is 0 Å². The number of esters is 1. The summed E-state index contributed by atoms with van der Waals surface area (Å²) in [6.07, 6.45) is 0.249. The van der Waals surface area contributed by atoms with Crippen molar-refractivity contribution in [2.75, 3.05) is 7.11 Å². The number of hydrogen-bond acceptors (Lipinski definition) is 4. The Morgan fingerprint density at radius 1 is 1.10 bits per heavy atom. The molecule has 0 bridgehead atoms. The topological polar surface area (TPSA) is 61.5 Å². The zero-order valence-corrected chi connectivity index (χ0v) is 12.0. The molecule has 4 heteroatoms. The van der Waals surface area contributed by atoms with Crippen molar-refractivity contribution in [3.8, 4) is 5.75 Å². The van der Waals surface area contributed by atoms with E-state index in [1.165, 1.54) is 7.11 Å². The molecule has 2 N–H and O–H groups in total. The molecule has 0 saturated heterocycles. The summed E-state index contributed by atoms with van der Waals surface area (Å²) < 4.78 is 10.5. The zero-order chi connectivity index (χ0) is 15.1. The lowest BCUT2D eigenvalue weighted by Gasteiger charge is -2.11. The molecular weight excluding hydrogens is 266 g/mol. The van der Waals surface area contributed by atoms with Crippen LogP contribution >= 0.6 is 0 Å². The summed E-state index contributed by atoms with van der Waals surface area (Å²) >= 11 is 0. The van der Waals surface area contributed by atoms with E-state index in [0.717, 1.165) is 22.4 Å². The molecule has 0 heterocycles. The van der Waals surface area contributed by atoms with E-state index < -0.39 is 0 Å². The van der Waals surface area contributed by atoms with Crippen LogP contribution in [0.25, 0.3) is 0 Å². The molecule has 0 atom stereocenters. The van der Waals surface area contributed by atoms with Gasteiger partial charge in [-0.2, -0.15) is 0 Å². The molecule has 0 spiro atoms. The van der Waals surface area contributed by atoms with Crippen molar-refractivity contribution in [2.45, 2.75) is 19.6 Å². The number of benzene rings is 2. The highest BCUT2D eigenvalue weighted by Gasteiger charge is 2.08. The number of nitrogens with two attached hydrogens (primary N) is 1. The van der Waals surface area contributed by atoms with Gasteiger partial charge in [0.15, 0.2) is 0 Å². The van der Waals surface area contributed by atoms with Crippen molar-refractivity contribution in [2.24, 2.45) is 5.73 Å². The maximum absolute atomic E-state index is 11.4. The molecule has 110 valence electrons. The molecule has 21 heavy (non-hydrogen) atoms. The van der Waals surface area contributed by atoms with Gasteiger partial charge in [-0.05, 0) is 28.8 Å². The minimum absolute atomic E-state index is 0.249. The fourth-order valence-electron chi connectivity index (χ4n) is 2.02. The van der Waals surface area contributed by atoms with Crippen molar-refractivity contribution in [3.63, 3.8) is 0 Å². The van der Waals surface area contributed by atoms with E-state index in [1.807, 2.05) is 48.5 Å². The summed E-state index contributed by atoms with van der Waals surface area (Å²) in [7, 11) is 1.39. The number of carbonyl (C=O) groups is 1. The maximum Gasteiger partial charge on any atom is 0.309 e. The Balaban J connectivity index is 2.07. The lowest BCUT2D eigenvalue weighted by molar-refractivity contribution is -0.139. The van der Waals surface area contributed by atoms with Gasteiger partial charge in [0.25, 0.3) is 0 Å². The van der Waals surface area contributed by atoms with Crippen LogP contribution in [0.2, 0.25) is 0 Å². The molecule has 4 nitrogen and oxygen atoms in total. The standard InChI is InChI=1S/C17H19NO3/c1-20-17(19)10-14-6-2-3-7-15(14)12-21-16-8-4-5-13(9-16)11-18/h2-9H,10-12,18H2,1H3. The quantitative estimate of drug-likeness (QED) is 0.828. The largest absolute Gasteiger partial charge is 0.489 e. The number of methoxy groups -OCH3 is 1. The highest BCUT2D eigenvalue weighted by molar-refractivity contribution is 5.72. The van der Waals surface area contributed by atoms with Crippen molar-refractivity contribution in [3.05, 3.63) is 65.2 Å². The smallest absolute Gasteiger partial charge is 0.309 e. The minimum Gasteiger partial charge on any atom is -0.489 e. The fourth-order valence-corrected chi connectivity index (χ4v) is 2.02. The van der Waals surface area contributed by atoms with Gasteiger partial charge in [0.2, 0.25) is 0 Å². The van der Waals surface area contributed by atoms with Crippen LogP contribution in [0.3, 0.4) is 0 Å². The highest BCUT2D eigenvalue weighted by Crippen LogP contribution is 2.17. The second-order valence-electron chi connectivity index (χ2n) is 4.66. The van der Waals surface area contributed by atoms with E-state index in [4.69, 9.17) is 15.2 Å². The minimum atomic E-state index is -0.257. The first-order valence-electron chi connectivity index (χ1n) is 6.78. The molecular formula is C17H19NO3. The molecule has 2 rings (SSSR count). The zero-order valence-electron chi connectivity index (χ0n) is 12.0. The third-order valence-corrected chi connectivity index (χ3v) is 3.21. The summed E-state index contributed by atoms with van der Waals surface area (Å²) in [6.45, 7) is 0.886. The summed E-state index contributed by atoms with van der Waals surface area (Å²) in [5.41, 5.74) is 8.53. The average Bonchev–Trinajstić information content (AvgIpc) is 2.54. The Morgan fingerprint density at radius 3 is 2.57 bits per heavy atom. The Morgan fingerprint density at radius 2 is 1.86 bits per heavy atom. The summed E-state index contributed by atoms with van der Waals surface area (Å²) in [6, 6.07) is 15.4. The SMILES string of the molecule is COC(=O)Cc1ccccc1COc1cccc(CN)c1. The molecule has 0 unspecified atom stereocenters. The lowest BCUT2D eigenvalue weighted by atomic mass is 10.1. The first-order valence-corrected chi connectivity index (χ1v) is 6.78. The summed E-state index contributed by atoms with van der Waals surface area (Å²) in [5.74, 6) is 0.512. The van der Waals surface area contributed by atoms with Crippen molar-refractivity contribution < 1.29 is 14.3 Å².